The molecule has 1 aromatic carbocycles. The minimum atomic E-state index is -0.144. The highest BCUT2D eigenvalue weighted by Crippen LogP contribution is 2.11. The van der Waals surface area contributed by atoms with Gasteiger partial charge in [-0.25, -0.2) is 4.39 Å². The summed E-state index contributed by atoms with van der Waals surface area (Å²) in [6.07, 6.45) is 1.98. The summed E-state index contributed by atoms with van der Waals surface area (Å²) in [7, 11) is 0. The molecule has 66 valence electrons. The molecule has 1 aromatic rings. The molecule has 0 nitrogen and oxygen atoms in total. The molecule has 0 N–H and O–H groups in total. The first kappa shape index (κ1) is 9.72. The molecule has 0 aliphatic rings. The third-order valence-corrected chi connectivity index (χ3v) is 2.18. The Morgan fingerprint density at radius 3 is 2.83 bits per heavy atom. The van der Waals surface area contributed by atoms with Crippen molar-refractivity contribution in [2.45, 2.75) is 24.6 Å². The Morgan fingerprint density at radius 2 is 2.25 bits per heavy atom. The molecule has 0 heterocycles. The molecule has 0 amide bonds. The quantitative estimate of drug-likeness (QED) is 0.698. The first-order valence-corrected chi connectivity index (χ1v) is 4.98. The van der Waals surface area contributed by atoms with Crippen LogP contribution in [0.5, 0.6) is 0 Å². The molecular weight excluding hydrogens is 219 g/mol. The van der Waals surface area contributed by atoms with Crippen LogP contribution >= 0.6 is 15.9 Å². The van der Waals surface area contributed by atoms with Crippen LogP contribution in [0, 0.1) is 5.82 Å². The fourth-order valence-electron chi connectivity index (χ4n) is 1.06. The SMILES string of the molecule is CC(Br)CCc1cccc(F)c1. The van der Waals surface area contributed by atoms with Gasteiger partial charge in [0, 0.05) is 4.83 Å². The van der Waals surface area contributed by atoms with Crippen molar-refractivity contribution >= 4 is 15.9 Å². The maximum atomic E-state index is 12.7. The lowest BCUT2D eigenvalue weighted by atomic mass is 10.1. The highest BCUT2D eigenvalue weighted by Gasteiger charge is 1.98. The minimum absolute atomic E-state index is 0.144. The first-order chi connectivity index (χ1) is 5.68. The highest BCUT2D eigenvalue weighted by molar-refractivity contribution is 9.09. The topological polar surface area (TPSA) is 0 Å². The molecule has 1 unspecified atom stereocenters. The van der Waals surface area contributed by atoms with Gasteiger partial charge in [-0.05, 0) is 30.5 Å². The number of alkyl halides is 1. The third kappa shape index (κ3) is 3.35. The molecule has 2 heteroatoms. The molecule has 0 radical (unpaired) electrons. The van der Waals surface area contributed by atoms with E-state index in [1.54, 1.807) is 12.1 Å². The van der Waals surface area contributed by atoms with Crippen molar-refractivity contribution in [1.29, 1.82) is 0 Å². The van der Waals surface area contributed by atoms with E-state index in [4.69, 9.17) is 0 Å². The van der Waals surface area contributed by atoms with Gasteiger partial charge in [-0.3, -0.25) is 0 Å². The van der Waals surface area contributed by atoms with Gasteiger partial charge in [-0.2, -0.15) is 0 Å². The lowest BCUT2D eigenvalue weighted by Gasteiger charge is -2.02. The molecule has 1 rings (SSSR count). The summed E-state index contributed by atoms with van der Waals surface area (Å²) < 4.78 is 12.7. The van der Waals surface area contributed by atoms with Gasteiger partial charge in [0.05, 0.1) is 0 Å². The van der Waals surface area contributed by atoms with Crippen molar-refractivity contribution in [2.24, 2.45) is 0 Å². The van der Waals surface area contributed by atoms with Crippen LogP contribution in [0.25, 0.3) is 0 Å². The van der Waals surface area contributed by atoms with Crippen LogP contribution in [-0.2, 0) is 6.42 Å². The predicted molar refractivity (Wildman–Crippen MR) is 53.1 cm³/mol. The Balaban J connectivity index is 2.52. The number of benzene rings is 1. The maximum Gasteiger partial charge on any atom is 0.123 e. The van der Waals surface area contributed by atoms with Crippen molar-refractivity contribution in [1.82, 2.24) is 0 Å². The Hall–Kier alpha value is -0.370. The lowest BCUT2D eigenvalue weighted by molar-refractivity contribution is 0.624. The van der Waals surface area contributed by atoms with E-state index in [2.05, 4.69) is 22.9 Å². The van der Waals surface area contributed by atoms with Crippen molar-refractivity contribution in [3.05, 3.63) is 35.6 Å². The van der Waals surface area contributed by atoms with Crippen molar-refractivity contribution in [2.75, 3.05) is 0 Å². The van der Waals surface area contributed by atoms with Crippen molar-refractivity contribution in [3.63, 3.8) is 0 Å². The fourth-order valence-corrected chi connectivity index (χ4v) is 1.29. The van der Waals surface area contributed by atoms with Gasteiger partial charge in [-0.1, -0.05) is 35.0 Å². The van der Waals surface area contributed by atoms with Gasteiger partial charge in [0.2, 0.25) is 0 Å². The molecule has 0 saturated heterocycles. The van der Waals surface area contributed by atoms with Crippen molar-refractivity contribution in [3.8, 4) is 0 Å². The summed E-state index contributed by atoms with van der Waals surface area (Å²) >= 11 is 3.46. The van der Waals surface area contributed by atoms with Crippen LogP contribution in [0.15, 0.2) is 24.3 Å². The number of halogens is 2. The number of rotatable bonds is 3. The van der Waals surface area contributed by atoms with Gasteiger partial charge in [0.15, 0.2) is 0 Å². The number of aryl methyl sites for hydroxylation is 1. The van der Waals surface area contributed by atoms with E-state index in [0.29, 0.717) is 4.83 Å². The summed E-state index contributed by atoms with van der Waals surface area (Å²) in [6.45, 7) is 2.10. The summed E-state index contributed by atoms with van der Waals surface area (Å²) in [5.41, 5.74) is 1.07. The Labute approximate surface area is 80.9 Å². The lowest BCUT2D eigenvalue weighted by Crippen LogP contribution is -1.94. The molecule has 0 aliphatic heterocycles. The van der Waals surface area contributed by atoms with Crippen LogP contribution in [-0.4, -0.2) is 4.83 Å². The molecular formula is C10H12BrF. The summed E-state index contributed by atoms with van der Waals surface area (Å²) in [4.78, 5) is 0.501. The van der Waals surface area contributed by atoms with Gasteiger partial charge in [0.25, 0.3) is 0 Å². The van der Waals surface area contributed by atoms with E-state index in [1.807, 2.05) is 6.07 Å². The zero-order valence-electron chi connectivity index (χ0n) is 7.06. The highest BCUT2D eigenvalue weighted by atomic mass is 79.9. The molecule has 0 aromatic heterocycles. The third-order valence-electron chi connectivity index (χ3n) is 1.72. The number of hydrogen-bond donors (Lipinski definition) is 0. The monoisotopic (exact) mass is 230 g/mol. The summed E-state index contributed by atoms with van der Waals surface area (Å²) in [5.74, 6) is -0.144. The fraction of sp³-hybridized carbons (Fsp3) is 0.400. The predicted octanol–water partition coefficient (Wildman–Crippen LogP) is 3.54. The minimum Gasteiger partial charge on any atom is -0.207 e. The maximum absolute atomic E-state index is 12.7. The van der Waals surface area contributed by atoms with Crippen LogP contribution < -0.4 is 0 Å². The number of hydrogen-bond acceptors (Lipinski definition) is 0. The van der Waals surface area contributed by atoms with Gasteiger partial charge >= 0.3 is 0 Å². The zero-order chi connectivity index (χ0) is 8.97. The van der Waals surface area contributed by atoms with Gasteiger partial charge in [-0.15, -0.1) is 0 Å². The van der Waals surface area contributed by atoms with Crippen LogP contribution in [0.2, 0.25) is 0 Å². The van der Waals surface area contributed by atoms with E-state index < -0.39 is 0 Å². The molecule has 0 aliphatic carbocycles. The molecule has 12 heavy (non-hydrogen) atoms. The van der Waals surface area contributed by atoms with Crippen molar-refractivity contribution < 1.29 is 4.39 Å². The molecule has 0 bridgehead atoms. The average molecular weight is 231 g/mol. The second-order valence-electron chi connectivity index (χ2n) is 2.95. The summed E-state index contributed by atoms with van der Waals surface area (Å²) in [6, 6.07) is 6.78. The molecule has 1 atom stereocenters. The zero-order valence-corrected chi connectivity index (χ0v) is 8.64. The Morgan fingerprint density at radius 1 is 1.50 bits per heavy atom. The normalized spacial score (nSPS) is 12.9. The van der Waals surface area contributed by atoms with E-state index in [-0.39, 0.29) is 5.82 Å². The van der Waals surface area contributed by atoms with Gasteiger partial charge < -0.3 is 0 Å². The van der Waals surface area contributed by atoms with Crippen LogP contribution in [0.3, 0.4) is 0 Å². The van der Waals surface area contributed by atoms with E-state index in [9.17, 15) is 4.39 Å². The standard InChI is InChI=1S/C10H12BrF/c1-8(11)5-6-9-3-2-4-10(12)7-9/h2-4,7-8H,5-6H2,1H3. The molecule has 0 fully saturated rings. The first-order valence-electron chi connectivity index (χ1n) is 4.07. The Kier molecular flexibility index (Phi) is 3.73. The van der Waals surface area contributed by atoms with Crippen LogP contribution in [0.1, 0.15) is 18.9 Å². The van der Waals surface area contributed by atoms with E-state index in [0.717, 1.165) is 18.4 Å². The average Bonchev–Trinajstić information content (AvgIpc) is 2.01. The second kappa shape index (κ2) is 4.61. The molecule has 0 spiro atoms. The van der Waals surface area contributed by atoms with Gasteiger partial charge in [0.1, 0.15) is 5.82 Å². The molecule has 0 saturated carbocycles. The van der Waals surface area contributed by atoms with Crippen LogP contribution in [0.4, 0.5) is 4.39 Å². The second-order valence-corrected chi connectivity index (χ2v) is 4.51. The summed E-state index contributed by atoms with van der Waals surface area (Å²) in [5, 5.41) is 0. The van der Waals surface area contributed by atoms with E-state index in [1.165, 1.54) is 6.07 Å². The Bertz CT molecular complexity index is 245. The largest absolute Gasteiger partial charge is 0.207 e. The smallest absolute Gasteiger partial charge is 0.123 e. The van der Waals surface area contributed by atoms with E-state index >= 15 is 0 Å².